The number of rotatable bonds is 2. The lowest BCUT2D eigenvalue weighted by Crippen LogP contribution is -2.49. The van der Waals surface area contributed by atoms with Gasteiger partial charge in [-0.3, -0.25) is 4.79 Å². The first kappa shape index (κ1) is 14.3. The van der Waals surface area contributed by atoms with Crippen LogP contribution < -0.4 is 0 Å². The second kappa shape index (κ2) is 4.61. The van der Waals surface area contributed by atoms with Gasteiger partial charge in [0.2, 0.25) is 5.72 Å². The summed E-state index contributed by atoms with van der Waals surface area (Å²) in [6.45, 7) is -0.161. The minimum Gasteiger partial charge on any atom is -0.362 e. The molecular weight excluding hydrogens is 300 g/mol. The van der Waals surface area contributed by atoms with E-state index in [-0.39, 0.29) is 24.1 Å². The highest BCUT2D eigenvalue weighted by atomic mass is 19.3. The fraction of sp³-hybridized carbons (Fsp3) is 0.278. The number of nitrogens with zero attached hydrogens (tertiary/aromatic N) is 1. The van der Waals surface area contributed by atoms with Crippen LogP contribution >= 0.6 is 0 Å². The van der Waals surface area contributed by atoms with Gasteiger partial charge in [-0.05, 0) is 18.1 Å². The van der Waals surface area contributed by atoms with Crippen molar-refractivity contribution >= 4 is 5.91 Å². The van der Waals surface area contributed by atoms with E-state index in [1.165, 1.54) is 12.1 Å². The molecule has 0 radical (unpaired) electrons. The van der Waals surface area contributed by atoms with Crippen molar-refractivity contribution in [2.45, 2.75) is 18.1 Å². The molecule has 1 N–H and O–H groups in total. The van der Waals surface area contributed by atoms with Crippen molar-refractivity contribution in [3.63, 3.8) is 0 Å². The molecule has 1 saturated heterocycles. The van der Waals surface area contributed by atoms with Gasteiger partial charge in [-0.15, -0.1) is 0 Å². The topological polar surface area (TPSA) is 40.5 Å². The maximum atomic E-state index is 15.0. The Morgan fingerprint density at radius 2 is 1.74 bits per heavy atom. The molecule has 1 fully saturated rings. The summed E-state index contributed by atoms with van der Waals surface area (Å²) < 4.78 is 30.1. The van der Waals surface area contributed by atoms with Crippen molar-refractivity contribution in [2.24, 2.45) is 5.92 Å². The van der Waals surface area contributed by atoms with Crippen LogP contribution in [0.3, 0.4) is 0 Å². The molecule has 0 saturated carbocycles. The molecule has 23 heavy (non-hydrogen) atoms. The van der Waals surface area contributed by atoms with E-state index in [0.717, 1.165) is 10.5 Å². The Kier molecular flexibility index (Phi) is 2.87. The molecule has 4 rings (SSSR count). The molecule has 2 aromatic carbocycles. The number of hydrogen-bond donors (Lipinski definition) is 1. The van der Waals surface area contributed by atoms with Crippen LogP contribution in [0, 0.1) is 5.92 Å². The average molecular weight is 315 g/mol. The summed E-state index contributed by atoms with van der Waals surface area (Å²) in [6.07, 6.45) is 0.113. The molecule has 2 heterocycles. The summed E-state index contributed by atoms with van der Waals surface area (Å²) >= 11 is 0. The van der Waals surface area contributed by atoms with Gasteiger partial charge >= 0.3 is 5.92 Å². The number of fused-ring (bicyclic) bond motifs is 3. The third-order valence-corrected chi connectivity index (χ3v) is 4.87. The van der Waals surface area contributed by atoms with Gasteiger partial charge in [0, 0.05) is 23.6 Å². The first-order chi connectivity index (χ1) is 11.0. The number of amides is 1. The standard InChI is InChI=1S/C18H15F2NO2/c19-17(20)13(10-12-6-2-1-3-7-12)11-21-16(22)14-8-4-5-9-15(14)18(17,21)23/h1-9,13,23H,10-11H2/t13-,18+/m1/s1. The van der Waals surface area contributed by atoms with Gasteiger partial charge < -0.3 is 10.0 Å². The van der Waals surface area contributed by atoms with Gasteiger partial charge in [0.25, 0.3) is 5.91 Å². The molecule has 5 heteroatoms. The first-order valence-corrected chi connectivity index (χ1v) is 7.52. The monoisotopic (exact) mass is 315 g/mol. The molecular formula is C18H15F2NO2. The SMILES string of the molecule is O=C1c2ccccc2[C@@]2(O)N1C[C@@H](Cc1ccccc1)C2(F)F. The maximum Gasteiger partial charge on any atom is 0.304 e. The highest BCUT2D eigenvalue weighted by Crippen LogP contribution is 2.56. The Bertz CT molecular complexity index is 778. The number of aliphatic hydroxyl groups is 1. The molecule has 3 nitrogen and oxygen atoms in total. The fourth-order valence-corrected chi connectivity index (χ4v) is 3.70. The lowest BCUT2D eigenvalue weighted by molar-refractivity contribution is -0.220. The average Bonchev–Trinajstić information content (AvgIpc) is 2.90. The van der Waals surface area contributed by atoms with Crippen molar-refractivity contribution in [2.75, 3.05) is 6.54 Å². The molecule has 2 aliphatic heterocycles. The molecule has 1 amide bonds. The van der Waals surface area contributed by atoms with Crippen LogP contribution in [-0.4, -0.2) is 28.4 Å². The summed E-state index contributed by atoms with van der Waals surface area (Å²) in [4.78, 5) is 13.3. The highest BCUT2D eigenvalue weighted by molar-refractivity contribution is 6.00. The highest BCUT2D eigenvalue weighted by Gasteiger charge is 2.72. The smallest absolute Gasteiger partial charge is 0.304 e. The summed E-state index contributed by atoms with van der Waals surface area (Å²) in [7, 11) is 0. The largest absolute Gasteiger partial charge is 0.362 e. The van der Waals surface area contributed by atoms with Gasteiger partial charge in [-0.2, -0.15) is 0 Å². The predicted octanol–water partition coefficient (Wildman–Crippen LogP) is 2.80. The Hall–Kier alpha value is -2.27. The molecule has 2 aliphatic rings. The van der Waals surface area contributed by atoms with Crippen molar-refractivity contribution in [1.29, 1.82) is 0 Å². The van der Waals surface area contributed by atoms with Crippen molar-refractivity contribution in [3.05, 3.63) is 71.3 Å². The maximum absolute atomic E-state index is 15.0. The van der Waals surface area contributed by atoms with Crippen LogP contribution in [0.15, 0.2) is 54.6 Å². The zero-order chi connectivity index (χ0) is 16.2. The lowest BCUT2D eigenvalue weighted by atomic mass is 9.87. The van der Waals surface area contributed by atoms with Crippen molar-refractivity contribution in [3.8, 4) is 0 Å². The van der Waals surface area contributed by atoms with E-state index in [4.69, 9.17) is 0 Å². The zero-order valence-corrected chi connectivity index (χ0v) is 12.2. The molecule has 0 spiro atoms. The number of carbonyl (C=O) groups is 1. The van der Waals surface area contributed by atoms with E-state index in [0.29, 0.717) is 0 Å². The summed E-state index contributed by atoms with van der Waals surface area (Å²) in [5.74, 6) is -5.06. The van der Waals surface area contributed by atoms with Gasteiger partial charge in [-0.25, -0.2) is 8.78 Å². The Morgan fingerprint density at radius 3 is 2.48 bits per heavy atom. The second-order valence-electron chi connectivity index (χ2n) is 6.14. The number of carbonyl (C=O) groups excluding carboxylic acids is 1. The van der Waals surface area contributed by atoms with Crippen LogP contribution in [0.25, 0.3) is 0 Å². The minimum atomic E-state index is -3.41. The summed E-state index contributed by atoms with van der Waals surface area (Å²) in [5, 5.41) is 10.8. The van der Waals surface area contributed by atoms with Gasteiger partial charge in [0.15, 0.2) is 0 Å². The third kappa shape index (κ3) is 1.74. The number of hydrogen-bond acceptors (Lipinski definition) is 2. The summed E-state index contributed by atoms with van der Waals surface area (Å²) in [6, 6.07) is 15.0. The van der Waals surface area contributed by atoms with Crippen LogP contribution in [0.1, 0.15) is 21.5 Å². The molecule has 2 aromatic rings. The van der Waals surface area contributed by atoms with E-state index in [2.05, 4.69) is 0 Å². The zero-order valence-electron chi connectivity index (χ0n) is 12.2. The quantitative estimate of drug-likeness (QED) is 0.926. The van der Waals surface area contributed by atoms with E-state index < -0.39 is 23.5 Å². The predicted molar refractivity (Wildman–Crippen MR) is 80.0 cm³/mol. The number of halogens is 2. The third-order valence-electron chi connectivity index (χ3n) is 4.87. The Morgan fingerprint density at radius 1 is 1.09 bits per heavy atom. The normalized spacial score (nSPS) is 27.9. The number of benzene rings is 2. The van der Waals surface area contributed by atoms with Gasteiger partial charge in [-0.1, -0.05) is 48.5 Å². The molecule has 0 aliphatic carbocycles. The van der Waals surface area contributed by atoms with Gasteiger partial charge in [0.05, 0.1) is 0 Å². The van der Waals surface area contributed by atoms with Crippen molar-refractivity contribution in [1.82, 2.24) is 4.90 Å². The van der Waals surface area contributed by atoms with Crippen LogP contribution in [-0.2, 0) is 12.1 Å². The van der Waals surface area contributed by atoms with E-state index in [1.807, 2.05) is 6.07 Å². The molecule has 0 bridgehead atoms. The van der Waals surface area contributed by atoms with Gasteiger partial charge in [0.1, 0.15) is 0 Å². The van der Waals surface area contributed by atoms with Crippen LogP contribution in [0.4, 0.5) is 8.78 Å². The minimum absolute atomic E-state index is 0.00515. The fourth-order valence-electron chi connectivity index (χ4n) is 3.70. The lowest BCUT2D eigenvalue weighted by Gasteiger charge is -2.32. The second-order valence-corrected chi connectivity index (χ2v) is 6.14. The van der Waals surface area contributed by atoms with E-state index in [9.17, 15) is 9.90 Å². The Balaban J connectivity index is 1.76. The summed E-state index contributed by atoms with van der Waals surface area (Å²) in [5.41, 5.74) is -1.61. The van der Waals surface area contributed by atoms with Crippen molar-refractivity contribution < 1.29 is 18.7 Å². The number of alkyl halides is 2. The van der Waals surface area contributed by atoms with Crippen LogP contribution in [0.2, 0.25) is 0 Å². The van der Waals surface area contributed by atoms with E-state index >= 15 is 8.78 Å². The molecule has 2 atom stereocenters. The Labute approximate surface area is 132 Å². The first-order valence-electron chi connectivity index (χ1n) is 7.52. The van der Waals surface area contributed by atoms with Crippen LogP contribution in [0.5, 0.6) is 0 Å². The molecule has 0 aromatic heterocycles. The van der Waals surface area contributed by atoms with E-state index in [1.54, 1.807) is 36.4 Å². The molecule has 118 valence electrons. The molecule has 0 unspecified atom stereocenters.